The Bertz CT molecular complexity index is 299. The molecule has 2 rings (SSSR count). The van der Waals surface area contributed by atoms with Crippen molar-refractivity contribution < 1.29 is 5.11 Å². The van der Waals surface area contributed by atoms with Crippen molar-refractivity contribution in [3.63, 3.8) is 0 Å². The van der Waals surface area contributed by atoms with Crippen LogP contribution in [0.5, 0.6) is 0 Å². The molecule has 2 heterocycles. The van der Waals surface area contributed by atoms with Crippen LogP contribution in [-0.2, 0) is 6.61 Å². The molecule has 4 nitrogen and oxygen atoms in total. The van der Waals surface area contributed by atoms with E-state index in [1.807, 2.05) is 0 Å². The lowest BCUT2D eigenvalue weighted by atomic mass is 10.2. The van der Waals surface area contributed by atoms with Gasteiger partial charge in [-0.3, -0.25) is 0 Å². The van der Waals surface area contributed by atoms with E-state index in [-0.39, 0.29) is 6.61 Å². The van der Waals surface area contributed by atoms with Crippen LogP contribution in [0.15, 0.2) is 12.4 Å². The summed E-state index contributed by atoms with van der Waals surface area (Å²) in [4.78, 5) is 10.7. The lowest BCUT2D eigenvalue weighted by molar-refractivity contribution is 0.281. The van der Waals surface area contributed by atoms with Gasteiger partial charge in [0.15, 0.2) is 0 Å². The Morgan fingerprint density at radius 1 is 1.50 bits per heavy atom. The summed E-state index contributed by atoms with van der Waals surface area (Å²) < 4.78 is 0. The van der Waals surface area contributed by atoms with Crippen molar-refractivity contribution in [2.75, 3.05) is 11.4 Å². The molecule has 0 spiro atoms. The molecule has 0 radical (unpaired) electrons. The molecule has 1 N–H and O–H groups in total. The number of aliphatic hydroxyl groups is 1. The van der Waals surface area contributed by atoms with Gasteiger partial charge in [-0.15, -0.1) is 0 Å². The van der Waals surface area contributed by atoms with Gasteiger partial charge in [-0.25, -0.2) is 9.97 Å². The minimum atomic E-state index is 0.00976. The Kier molecular flexibility index (Phi) is 2.63. The van der Waals surface area contributed by atoms with Crippen LogP contribution in [0.25, 0.3) is 0 Å². The first-order valence-corrected chi connectivity index (χ1v) is 4.99. The number of anilines is 1. The summed E-state index contributed by atoms with van der Waals surface area (Å²) in [7, 11) is 0. The standard InChI is InChI=1S/C10H15N3O/c1-8-3-2-4-13(8)10-11-5-9(7-14)6-12-10/h5-6,8,14H,2-4,7H2,1H3. The molecule has 0 bridgehead atoms. The second-order valence-electron chi connectivity index (χ2n) is 3.73. The smallest absolute Gasteiger partial charge is 0.225 e. The number of aliphatic hydroxyl groups excluding tert-OH is 1. The summed E-state index contributed by atoms with van der Waals surface area (Å²) >= 11 is 0. The Balaban J connectivity index is 2.16. The van der Waals surface area contributed by atoms with Crippen molar-refractivity contribution in [3.8, 4) is 0 Å². The van der Waals surface area contributed by atoms with Crippen molar-refractivity contribution in [3.05, 3.63) is 18.0 Å². The third-order valence-electron chi connectivity index (χ3n) is 2.68. The van der Waals surface area contributed by atoms with Gasteiger partial charge in [0.1, 0.15) is 0 Å². The number of aromatic nitrogens is 2. The molecule has 1 fully saturated rings. The van der Waals surface area contributed by atoms with Crippen LogP contribution in [0.1, 0.15) is 25.3 Å². The summed E-state index contributed by atoms with van der Waals surface area (Å²) in [5.74, 6) is 0.784. The molecular weight excluding hydrogens is 178 g/mol. The molecule has 1 aliphatic heterocycles. The lowest BCUT2D eigenvalue weighted by Crippen LogP contribution is -2.28. The maximum atomic E-state index is 8.85. The highest BCUT2D eigenvalue weighted by Crippen LogP contribution is 2.21. The Hall–Kier alpha value is -1.16. The zero-order valence-corrected chi connectivity index (χ0v) is 8.35. The highest BCUT2D eigenvalue weighted by Gasteiger charge is 2.22. The second-order valence-corrected chi connectivity index (χ2v) is 3.73. The maximum absolute atomic E-state index is 8.85. The van der Waals surface area contributed by atoms with Crippen molar-refractivity contribution in [2.24, 2.45) is 0 Å². The summed E-state index contributed by atoms with van der Waals surface area (Å²) in [5.41, 5.74) is 0.764. The summed E-state index contributed by atoms with van der Waals surface area (Å²) in [5, 5.41) is 8.85. The SMILES string of the molecule is CC1CCCN1c1ncc(CO)cn1. The minimum absolute atomic E-state index is 0.00976. The van der Waals surface area contributed by atoms with E-state index in [0.29, 0.717) is 6.04 Å². The molecule has 4 heteroatoms. The molecule has 1 aromatic rings. The molecule has 1 aliphatic rings. The molecule has 1 saturated heterocycles. The van der Waals surface area contributed by atoms with Gasteiger partial charge in [0.25, 0.3) is 0 Å². The van der Waals surface area contributed by atoms with Gasteiger partial charge in [-0.1, -0.05) is 0 Å². The number of rotatable bonds is 2. The molecule has 0 aliphatic carbocycles. The fourth-order valence-electron chi connectivity index (χ4n) is 1.81. The fraction of sp³-hybridized carbons (Fsp3) is 0.600. The van der Waals surface area contributed by atoms with E-state index in [1.165, 1.54) is 12.8 Å². The molecule has 1 atom stereocenters. The zero-order valence-electron chi connectivity index (χ0n) is 8.35. The van der Waals surface area contributed by atoms with E-state index in [0.717, 1.165) is 18.1 Å². The van der Waals surface area contributed by atoms with Gasteiger partial charge in [-0.2, -0.15) is 0 Å². The van der Waals surface area contributed by atoms with Crippen molar-refractivity contribution in [1.29, 1.82) is 0 Å². The van der Waals surface area contributed by atoms with E-state index in [4.69, 9.17) is 5.11 Å². The van der Waals surface area contributed by atoms with Crippen LogP contribution in [-0.4, -0.2) is 27.7 Å². The third-order valence-corrected chi connectivity index (χ3v) is 2.68. The summed E-state index contributed by atoms with van der Waals surface area (Å²) in [6.07, 6.45) is 5.80. The predicted molar refractivity (Wildman–Crippen MR) is 54.0 cm³/mol. The van der Waals surface area contributed by atoms with Gasteiger partial charge >= 0.3 is 0 Å². The van der Waals surface area contributed by atoms with E-state index in [1.54, 1.807) is 12.4 Å². The molecular formula is C10H15N3O. The van der Waals surface area contributed by atoms with Gasteiger partial charge in [0.05, 0.1) is 6.61 Å². The fourth-order valence-corrected chi connectivity index (χ4v) is 1.81. The van der Waals surface area contributed by atoms with E-state index < -0.39 is 0 Å². The van der Waals surface area contributed by atoms with Gasteiger partial charge in [-0.05, 0) is 19.8 Å². The molecule has 1 unspecified atom stereocenters. The first-order valence-electron chi connectivity index (χ1n) is 4.99. The van der Waals surface area contributed by atoms with Crippen LogP contribution < -0.4 is 4.90 Å². The van der Waals surface area contributed by atoms with Gasteiger partial charge < -0.3 is 10.0 Å². The molecule has 76 valence electrons. The summed E-state index contributed by atoms with van der Waals surface area (Å²) in [6, 6.07) is 0.537. The molecule has 0 amide bonds. The lowest BCUT2D eigenvalue weighted by Gasteiger charge is -2.20. The maximum Gasteiger partial charge on any atom is 0.225 e. The Morgan fingerprint density at radius 2 is 2.21 bits per heavy atom. The van der Waals surface area contributed by atoms with Crippen molar-refractivity contribution >= 4 is 5.95 Å². The number of nitrogens with zero attached hydrogens (tertiary/aromatic N) is 3. The molecule has 1 aromatic heterocycles. The van der Waals surface area contributed by atoms with Crippen LogP contribution >= 0.6 is 0 Å². The van der Waals surface area contributed by atoms with Gasteiger partial charge in [0.2, 0.25) is 5.95 Å². The average molecular weight is 193 g/mol. The first-order chi connectivity index (χ1) is 6.81. The summed E-state index contributed by atoms with van der Waals surface area (Å²) in [6.45, 7) is 3.24. The Labute approximate surface area is 83.6 Å². The van der Waals surface area contributed by atoms with E-state index in [2.05, 4.69) is 21.8 Å². The highest BCUT2D eigenvalue weighted by molar-refractivity contribution is 5.32. The quantitative estimate of drug-likeness (QED) is 0.760. The van der Waals surface area contributed by atoms with Gasteiger partial charge in [0, 0.05) is 30.5 Å². The van der Waals surface area contributed by atoms with Crippen LogP contribution in [0.2, 0.25) is 0 Å². The number of hydrogen-bond donors (Lipinski definition) is 1. The van der Waals surface area contributed by atoms with Crippen LogP contribution in [0, 0.1) is 0 Å². The van der Waals surface area contributed by atoms with Crippen molar-refractivity contribution in [1.82, 2.24) is 9.97 Å². The van der Waals surface area contributed by atoms with Crippen LogP contribution in [0.3, 0.4) is 0 Å². The molecule has 14 heavy (non-hydrogen) atoms. The molecule has 0 aromatic carbocycles. The second kappa shape index (κ2) is 3.92. The third kappa shape index (κ3) is 1.70. The average Bonchev–Trinajstić information content (AvgIpc) is 2.65. The molecule has 0 saturated carbocycles. The monoisotopic (exact) mass is 193 g/mol. The zero-order chi connectivity index (χ0) is 9.97. The van der Waals surface area contributed by atoms with Crippen molar-refractivity contribution in [2.45, 2.75) is 32.4 Å². The number of hydrogen-bond acceptors (Lipinski definition) is 4. The normalized spacial score (nSPS) is 21.6. The predicted octanol–water partition coefficient (Wildman–Crippen LogP) is 0.958. The van der Waals surface area contributed by atoms with E-state index in [9.17, 15) is 0 Å². The van der Waals surface area contributed by atoms with Crippen LogP contribution in [0.4, 0.5) is 5.95 Å². The van der Waals surface area contributed by atoms with E-state index >= 15 is 0 Å². The highest BCUT2D eigenvalue weighted by atomic mass is 16.3. The largest absolute Gasteiger partial charge is 0.392 e. The first kappa shape index (κ1) is 9.40. The Morgan fingerprint density at radius 3 is 2.71 bits per heavy atom. The minimum Gasteiger partial charge on any atom is -0.392 e. The topological polar surface area (TPSA) is 49.2 Å².